The summed E-state index contributed by atoms with van der Waals surface area (Å²) in [5, 5.41) is 3.24. The number of ether oxygens (including phenoxy) is 1. The molecule has 2 aliphatic carbocycles. The molecule has 144 valence electrons. The van der Waals surface area contributed by atoms with Crippen molar-refractivity contribution in [1.29, 1.82) is 0 Å². The van der Waals surface area contributed by atoms with Gasteiger partial charge >= 0.3 is 12.0 Å². The molecule has 0 bridgehead atoms. The molecule has 0 aromatic rings. The van der Waals surface area contributed by atoms with Gasteiger partial charge in [0.2, 0.25) is 0 Å². The Balaban J connectivity index is 1.95. The van der Waals surface area contributed by atoms with E-state index in [1.165, 1.54) is 51.4 Å². The van der Waals surface area contributed by atoms with Gasteiger partial charge in [0, 0.05) is 18.6 Å². The summed E-state index contributed by atoms with van der Waals surface area (Å²) in [7, 11) is 0. The van der Waals surface area contributed by atoms with Gasteiger partial charge in [-0.2, -0.15) is 0 Å². The highest BCUT2D eigenvalue weighted by Gasteiger charge is 2.27. The van der Waals surface area contributed by atoms with Crippen molar-refractivity contribution in [2.45, 2.75) is 102 Å². The maximum atomic E-state index is 12.9. The minimum atomic E-state index is -0.205. The molecule has 0 unspecified atom stereocenters. The lowest BCUT2D eigenvalue weighted by molar-refractivity contribution is -0.143. The van der Waals surface area contributed by atoms with Gasteiger partial charge in [0.25, 0.3) is 0 Å². The highest BCUT2D eigenvalue weighted by atomic mass is 16.5. The number of carbonyl (C=O) groups is 2. The summed E-state index contributed by atoms with van der Waals surface area (Å²) < 4.78 is 5.06. The van der Waals surface area contributed by atoms with Gasteiger partial charge in [-0.05, 0) is 32.6 Å². The van der Waals surface area contributed by atoms with Crippen LogP contribution in [0.3, 0.4) is 0 Å². The number of nitrogens with zero attached hydrogens (tertiary/aromatic N) is 1. The van der Waals surface area contributed by atoms with Gasteiger partial charge in [0.1, 0.15) is 0 Å². The average molecular weight is 353 g/mol. The third kappa shape index (κ3) is 7.25. The summed E-state index contributed by atoms with van der Waals surface area (Å²) in [6.07, 6.45) is 14.4. The molecule has 0 aliphatic heterocycles. The number of hydrogen-bond acceptors (Lipinski definition) is 3. The fraction of sp³-hybridized carbons (Fsp3) is 0.900. The van der Waals surface area contributed by atoms with Crippen LogP contribution < -0.4 is 5.32 Å². The number of carbonyl (C=O) groups excluding carboxylic acids is 2. The molecule has 0 atom stereocenters. The monoisotopic (exact) mass is 352 g/mol. The van der Waals surface area contributed by atoms with Gasteiger partial charge < -0.3 is 15.0 Å². The molecule has 1 N–H and O–H groups in total. The van der Waals surface area contributed by atoms with Gasteiger partial charge in [-0.15, -0.1) is 0 Å². The molecule has 2 aliphatic rings. The van der Waals surface area contributed by atoms with E-state index in [1.807, 2.05) is 11.8 Å². The zero-order valence-electron chi connectivity index (χ0n) is 15.9. The Labute approximate surface area is 152 Å². The van der Waals surface area contributed by atoms with Crippen molar-refractivity contribution in [3.05, 3.63) is 0 Å². The molecule has 0 aromatic heterocycles. The number of nitrogens with one attached hydrogen (secondary N) is 1. The third-order valence-electron chi connectivity index (χ3n) is 5.57. The maximum absolute atomic E-state index is 12.9. The molecule has 0 radical (unpaired) electrons. The van der Waals surface area contributed by atoms with Gasteiger partial charge in [-0.25, -0.2) is 4.79 Å². The van der Waals surface area contributed by atoms with Crippen LogP contribution in [0, 0.1) is 0 Å². The molecule has 0 heterocycles. The second kappa shape index (κ2) is 11.4. The molecule has 25 heavy (non-hydrogen) atoms. The molecule has 0 saturated heterocycles. The van der Waals surface area contributed by atoms with Crippen LogP contribution in [-0.4, -0.2) is 42.1 Å². The minimum Gasteiger partial charge on any atom is -0.466 e. The third-order valence-corrected chi connectivity index (χ3v) is 5.57. The fourth-order valence-corrected chi connectivity index (χ4v) is 4.15. The minimum absolute atomic E-state index is 0.0294. The van der Waals surface area contributed by atoms with Crippen molar-refractivity contribution in [3.8, 4) is 0 Å². The molecule has 5 heteroatoms. The van der Waals surface area contributed by atoms with Crippen LogP contribution in [-0.2, 0) is 9.53 Å². The van der Waals surface area contributed by atoms with E-state index < -0.39 is 0 Å². The summed E-state index contributed by atoms with van der Waals surface area (Å²) >= 11 is 0. The Bertz CT molecular complexity index is 400. The molecule has 2 saturated carbocycles. The van der Waals surface area contributed by atoms with Crippen LogP contribution in [0.4, 0.5) is 4.79 Å². The summed E-state index contributed by atoms with van der Waals surface area (Å²) in [5.41, 5.74) is 0. The predicted octanol–water partition coefficient (Wildman–Crippen LogP) is 4.40. The summed E-state index contributed by atoms with van der Waals surface area (Å²) in [5.74, 6) is -0.205. The van der Waals surface area contributed by atoms with E-state index in [1.54, 1.807) is 0 Å². The number of rotatable bonds is 6. The van der Waals surface area contributed by atoms with Crippen LogP contribution >= 0.6 is 0 Å². The lowest BCUT2D eigenvalue weighted by atomic mass is 9.94. The topological polar surface area (TPSA) is 58.6 Å². The Kier molecular flexibility index (Phi) is 9.12. The number of hydrogen-bond donors (Lipinski definition) is 1. The van der Waals surface area contributed by atoms with Crippen molar-refractivity contribution in [3.63, 3.8) is 0 Å². The van der Waals surface area contributed by atoms with Gasteiger partial charge in [-0.1, -0.05) is 51.4 Å². The second-order valence-corrected chi connectivity index (χ2v) is 7.53. The Morgan fingerprint density at radius 3 is 2.12 bits per heavy atom. The van der Waals surface area contributed by atoms with Crippen molar-refractivity contribution < 1.29 is 14.3 Å². The number of esters is 1. The maximum Gasteiger partial charge on any atom is 0.317 e. The van der Waals surface area contributed by atoms with E-state index in [0.29, 0.717) is 25.6 Å². The Morgan fingerprint density at radius 2 is 1.48 bits per heavy atom. The van der Waals surface area contributed by atoms with E-state index in [9.17, 15) is 9.59 Å². The number of urea groups is 1. The predicted molar refractivity (Wildman–Crippen MR) is 99.5 cm³/mol. The quantitative estimate of drug-likeness (QED) is 0.721. The highest BCUT2D eigenvalue weighted by Crippen LogP contribution is 2.23. The average Bonchev–Trinajstić information content (AvgIpc) is 2.57. The zero-order chi connectivity index (χ0) is 17.9. The van der Waals surface area contributed by atoms with Gasteiger partial charge in [-0.3, -0.25) is 4.79 Å². The molecule has 2 rings (SSSR count). The van der Waals surface area contributed by atoms with Crippen molar-refractivity contribution in [2.75, 3.05) is 13.2 Å². The Morgan fingerprint density at radius 1 is 0.920 bits per heavy atom. The first-order valence-corrected chi connectivity index (χ1v) is 10.4. The molecule has 0 aromatic carbocycles. The molecule has 5 nitrogen and oxygen atoms in total. The van der Waals surface area contributed by atoms with E-state index in [4.69, 9.17) is 4.74 Å². The molecule has 2 fully saturated rings. The first kappa shape index (κ1) is 20.1. The summed E-state index contributed by atoms with van der Waals surface area (Å²) in [6.45, 7) is 2.69. The fourth-order valence-electron chi connectivity index (χ4n) is 4.15. The standard InChI is InChI=1S/C20H36N2O3/c1-2-25-19(23)15-16-22(18-13-9-4-3-5-10-14-18)20(24)21-17-11-7-6-8-12-17/h17-18H,2-16H2,1H3,(H,21,24). The molecule has 0 spiro atoms. The number of amides is 2. The van der Waals surface area contributed by atoms with Crippen LogP contribution in [0.1, 0.15) is 90.4 Å². The van der Waals surface area contributed by atoms with Crippen LogP contribution in [0.5, 0.6) is 0 Å². The summed E-state index contributed by atoms with van der Waals surface area (Å²) in [6, 6.07) is 0.597. The van der Waals surface area contributed by atoms with Crippen LogP contribution in [0.2, 0.25) is 0 Å². The van der Waals surface area contributed by atoms with Crippen molar-refractivity contribution in [2.24, 2.45) is 0 Å². The SMILES string of the molecule is CCOC(=O)CCN(C(=O)NC1CCCCC1)C1CCCCCCC1. The normalized spacial score (nSPS) is 20.4. The first-order valence-electron chi connectivity index (χ1n) is 10.4. The van der Waals surface area contributed by atoms with Gasteiger partial charge in [0.15, 0.2) is 0 Å². The first-order chi connectivity index (χ1) is 12.2. The van der Waals surface area contributed by atoms with Crippen molar-refractivity contribution in [1.82, 2.24) is 10.2 Å². The molecular formula is C20H36N2O3. The van der Waals surface area contributed by atoms with Crippen LogP contribution in [0.15, 0.2) is 0 Å². The molecular weight excluding hydrogens is 316 g/mol. The Hall–Kier alpha value is -1.26. The zero-order valence-corrected chi connectivity index (χ0v) is 15.9. The van der Waals surface area contributed by atoms with Gasteiger partial charge in [0.05, 0.1) is 13.0 Å². The van der Waals surface area contributed by atoms with E-state index >= 15 is 0 Å². The highest BCUT2D eigenvalue weighted by molar-refractivity contribution is 5.76. The smallest absolute Gasteiger partial charge is 0.317 e. The lowest BCUT2D eigenvalue weighted by Gasteiger charge is -2.35. The lowest BCUT2D eigenvalue weighted by Crippen LogP contribution is -2.50. The van der Waals surface area contributed by atoms with Crippen molar-refractivity contribution >= 4 is 12.0 Å². The summed E-state index contributed by atoms with van der Waals surface area (Å²) in [4.78, 5) is 26.7. The van der Waals surface area contributed by atoms with E-state index in [-0.39, 0.29) is 18.0 Å². The molecule has 2 amide bonds. The van der Waals surface area contributed by atoms with E-state index in [2.05, 4.69) is 5.32 Å². The van der Waals surface area contributed by atoms with Crippen LogP contribution in [0.25, 0.3) is 0 Å². The largest absolute Gasteiger partial charge is 0.466 e. The second-order valence-electron chi connectivity index (χ2n) is 7.53. The van der Waals surface area contributed by atoms with E-state index in [0.717, 1.165) is 25.7 Å².